The first kappa shape index (κ1) is 18.0. The van der Waals surface area contributed by atoms with Crippen molar-refractivity contribution in [1.82, 2.24) is 5.32 Å². The summed E-state index contributed by atoms with van der Waals surface area (Å²) in [6.07, 6.45) is 1.22. The maximum absolute atomic E-state index is 11.4. The van der Waals surface area contributed by atoms with Crippen LogP contribution in [0.5, 0.6) is 5.75 Å². The second kappa shape index (κ2) is 9.08. The smallest absolute Gasteiger partial charge is 0.321 e. The van der Waals surface area contributed by atoms with Gasteiger partial charge >= 0.3 is 5.97 Å². The first-order valence-corrected chi connectivity index (χ1v) is 8.18. The van der Waals surface area contributed by atoms with Crippen molar-refractivity contribution < 1.29 is 14.6 Å². The van der Waals surface area contributed by atoms with Crippen LogP contribution >= 0.6 is 0 Å². The van der Waals surface area contributed by atoms with Gasteiger partial charge in [0.1, 0.15) is 11.8 Å². The molecular weight excluding hydrogens is 302 g/mol. The van der Waals surface area contributed by atoms with Gasteiger partial charge in [0.25, 0.3) is 0 Å². The molecule has 0 heterocycles. The van der Waals surface area contributed by atoms with E-state index in [0.29, 0.717) is 19.6 Å². The van der Waals surface area contributed by atoms with E-state index < -0.39 is 12.0 Å². The van der Waals surface area contributed by atoms with Gasteiger partial charge in [-0.3, -0.25) is 4.79 Å². The quantitative estimate of drug-likeness (QED) is 0.695. The molecule has 0 bridgehead atoms. The van der Waals surface area contributed by atoms with Crippen LogP contribution in [0.25, 0.3) is 0 Å². The summed E-state index contributed by atoms with van der Waals surface area (Å²) in [7, 11) is 0. The Morgan fingerprint density at radius 3 is 2.50 bits per heavy atom. The van der Waals surface area contributed by atoms with Gasteiger partial charge in [0, 0.05) is 0 Å². The number of nitrogens with one attached hydrogen (secondary N) is 1. The van der Waals surface area contributed by atoms with Crippen LogP contribution in [-0.2, 0) is 11.2 Å². The lowest BCUT2D eigenvalue weighted by atomic mass is 10.1. The van der Waals surface area contributed by atoms with Crippen molar-refractivity contribution >= 4 is 5.97 Å². The highest BCUT2D eigenvalue weighted by molar-refractivity contribution is 5.73. The van der Waals surface area contributed by atoms with Gasteiger partial charge in [-0.15, -0.1) is 0 Å². The van der Waals surface area contributed by atoms with Crippen LogP contribution in [0.2, 0.25) is 0 Å². The average Bonchev–Trinajstić information content (AvgIpc) is 2.56. The number of benzene rings is 2. The van der Waals surface area contributed by atoms with Crippen molar-refractivity contribution in [3.63, 3.8) is 0 Å². The van der Waals surface area contributed by atoms with Crippen LogP contribution in [0.3, 0.4) is 0 Å². The fraction of sp³-hybridized carbons (Fsp3) is 0.350. The van der Waals surface area contributed by atoms with E-state index in [1.165, 1.54) is 0 Å². The van der Waals surface area contributed by atoms with Crippen LogP contribution in [0.4, 0.5) is 0 Å². The zero-order valence-corrected chi connectivity index (χ0v) is 14.2. The van der Waals surface area contributed by atoms with Gasteiger partial charge < -0.3 is 15.2 Å². The minimum absolute atomic E-state index is 0.476. The summed E-state index contributed by atoms with van der Waals surface area (Å²) in [4.78, 5) is 11.4. The molecule has 0 fully saturated rings. The molecule has 0 saturated carbocycles. The Hall–Kier alpha value is -2.33. The summed E-state index contributed by atoms with van der Waals surface area (Å²) in [5, 5.41) is 12.4. The molecular formula is C20H24NO3. The number of rotatable bonds is 9. The molecule has 0 spiro atoms. The summed E-state index contributed by atoms with van der Waals surface area (Å²) >= 11 is 0. The lowest BCUT2D eigenvalue weighted by molar-refractivity contribution is -0.139. The monoisotopic (exact) mass is 326 g/mol. The fourth-order valence-electron chi connectivity index (χ4n) is 2.58. The molecule has 2 N–H and O–H groups in total. The Morgan fingerprint density at radius 2 is 1.88 bits per heavy atom. The Bertz CT molecular complexity index is 635. The zero-order chi connectivity index (χ0) is 17.4. The zero-order valence-electron chi connectivity index (χ0n) is 14.2. The Kier molecular flexibility index (Phi) is 6.82. The van der Waals surface area contributed by atoms with Gasteiger partial charge in [-0.1, -0.05) is 30.3 Å². The van der Waals surface area contributed by atoms with Crippen LogP contribution in [0.15, 0.2) is 42.5 Å². The van der Waals surface area contributed by atoms with Gasteiger partial charge in [0.15, 0.2) is 0 Å². The number of ether oxygens (including phenoxy) is 1. The van der Waals surface area contributed by atoms with E-state index in [0.717, 1.165) is 28.9 Å². The van der Waals surface area contributed by atoms with E-state index in [9.17, 15) is 9.90 Å². The molecule has 0 aliphatic rings. The van der Waals surface area contributed by atoms with Gasteiger partial charge in [0.05, 0.1) is 6.61 Å². The number of carboxylic acids is 1. The highest BCUT2D eigenvalue weighted by Gasteiger charge is 2.16. The molecule has 1 radical (unpaired) electrons. The Morgan fingerprint density at radius 1 is 1.21 bits per heavy atom. The van der Waals surface area contributed by atoms with E-state index in [2.05, 4.69) is 11.4 Å². The fourth-order valence-corrected chi connectivity index (χ4v) is 2.58. The molecule has 1 atom stereocenters. The molecule has 0 saturated heterocycles. The lowest BCUT2D eigenvalue weighted by Crippen LogP contribution is -2.39. The second-order valence-corrected chi connectivity index (χ2v) is 5.89. The van der Waals surface area contributed by atoms with Gasteiger partial charge in [-0.2, -0.15) is 0 Å². The topological polar surface area (TPSA) is 58.6 Å². The van der Waals surface area contributed by atoms with E-state index >= 15 is 0 Å². The third-order valence-corrected chi connectivity index (χ3v) is 3.85. The molecule has 4 heteroatoms. The van der Waals surface area contributed by atoms with Gasteiger partial charge in [-0.25, -0.2) is 0 Å². The first-order valence-electron chi connectivity index (χ1n) is 8.18. The number of carboxylic acid groups (broad SMARTS) is 1. The molecule has 0 amide bonds. The van der Waals surface area contributed by atoms with Crippen LogP contribution in [-0.4, -0.2) is 30.3 Å². The molecule has 2 aromatic rings. The second-order valence-electron chi connectivity index (χ2n) is 5.89. The predicted molar refractivity (Wildman–Crippen MR) is 94.4 cm³/mol. The molecule has 127 valence electrons. The van der Waals surface area contributed by atoms with Crippen molar-refractivity contribution in [3.05, 3.63) is 65.2 Å². The third kappa shape index (κ3) is 5.39. The summed E-state index contributed by atoms with van der Waals surface area (Å²) in [6.45, 7) is 5.14. The molecule has 0 aliphatic heterocycles. The van der Waals surface area contributed by atoms with Crippen LogP contribution < -0.4 is 10.1 Å². The number of aliphatic carboxylic acids is 1. The van der Waals surface area contributed by atoms with E-state index in [1.807, 2.05) is 56.3 Å². The van der Waals surface area contributed by atoms with Crippen LogP contribution in [0, 0.1) is 19.9 Å². The van der Waals surface area contributed by atoms with Gasteiger partial charge in [0.2, 0.25) is 0 Å². The average molecular weight is 326 g/mol. The molecule has 0 aromatic heterocycles. The van der Waals surface area contributed by atoms with Crippen molar-refractivity contribution in [2.75, 3.05) is 13.2 Å². The summed E-state index contributed by atoms with van der Waals surface area (Å²) in [5.74, 6) is 0.0675. The van der Waals surface area contributed by atoms with Crippen molar-refractivity contribution in [1.29, 1.82) is 0 Å². The highest BCUT2D eigenvalue weighted by atomic mass is 16.5. The summed E-state index contributed by atoms with van der Waals surface area (Å²) in [6, 6.07) is 15.9. The van der Waals surface area contributed by atoms with Crippen molar-refractivity contribution in [2.24, 2.45) is 0 Å². The normalized spacial score (nSPS) is 11.9. The molecule has 0 unspecified atom stereocenters. The van der Waals surface area contributed by atoms with E-state index in [1.54, 1.807) is 0 Å². The number of hydrogen-bond acceptors (Lipinski definition) is 3. The lowest BCUT2D eigenvalue weighted by Gasteiger charge is -2.15. The van der Waals surface area contributed by atoms with Crippen molar-refractivity contribution in [2.45, 2.75) is 32.7 Å². The third-order valence-electron chi connectivity index (χ3n) is 3.85. The molecule has 24 heavy (non-hydrogen) atoms. The number of hydrogen-bond donors (Lipinski definition) is 2. The predicted octanol–water partition coefficient (Wildman–Crippen LogP) is 3.16. The summed E-state index contributed by atoms with van der Waals surface area (Å²) in [5.41, 5.74) is 3.14. The number of carbonyl (C=O) groups is 1. The van der Waals surface area contributed by atoms with E-state index in [4.69, 9.17) is 4.74 Å². The first-order chi connectivity index (χ1) is 11.6. The molecule has 4 nitrogen and oxygen atoms in total. The van der Waals surface area contributed by atoms with Crippen LogP contribution in [0.1, 0.15) is 23.1 Å². The van der Waals surface area contributed by atoms with Gasteiger partial charge in [-0.05, 0) is 68.1 Å². The van der Waals surface area contributed by atoms with E-state index in [-0.39, 0.29) is 0 Å². The minimum Gasteiger partial charge on any atom is -0.493 e. The molecule has 2 aromatic carbocycles. The largest absolute Gasteiger partial charge is 0.493 e. The maximum Gasteiger partial charge on any atom is 0.321 e. The standard InChI is InChI=1S/C20H24NO3/c1-15-8-6-9-16(2)19(15)24-13-7-12-21-18(20(22)23)14-17-10-4-3-5-11-17/h3-5,8-11,18,21H,7,12-14H2,1-2H3,(H,22,23)/t18-/m0/s1. The number of aryl methyl sites for hydroxylation is 2. The van der Waals surface area contributed by atoms with Crippen molar-refractivity contribution in [3.8, 4) is 5.75 Å². The Balaban J connectivity index is 1.76. The summed E-state index contributed by atoms with van der Waals surface area (Å²) < 4.78 is 5.82. The molecule has 0 aliphatic carbocycles. The Labute approximate surface area is 143 Å². The molecule has 2 rings (SSSR count). The maximum atomic E-state index is 11.4. The SMILES string of the molecule is Cc1c[c]cc(C)c1OCCCN[C@@H](Cc1ccccc1)C(=O)O. The minimum atomic E-state index is -0.829. The highest BCUT2D eigenvalue weighted by Crippen LogP contribution is 2.21.